The van der Waals surface area contributed by atoms with Gasteiger partial charge in [-0.05, 0) is 29.4 Å². The standard InChI is InChI=1S/C22H21NO3/c24-21(18-16-11-12-17(13-16)19(18)22(25)26)23-20(14-7-3-1-4-8-14)15-9-5-2-6-10-15/h1-12,16-20H,13H2,(H,23,24)(H,25,26)/t16-,17+,18+,19+/m0/s1. The van der Waals surface area contributed by atoms with Gasteiger partial charge < -0.3 is 10.4 Å². The number of amides is 1. The highest BCUT2D eigenvalue weighted by atomic mass is 16.4. The van der Waals surface area contributed by atoms with Crippen LogP contribution in [0.1, 0.15) is 23.6 Å². The zero-order chi connectivity index (χ0) is 18.1. The highest BCUT2D eigenvalue weighted by molar-refractivity contribution is 5.87. The second-order valence-corrected chi connectivity index (χ2v) is 7.10. The lowest BCUT2D eigenvalue weighted by atomic mass is 9.82. The molecule has 0 aromatic heterocycles. The predicted octanol–water partition coefficient (Wildman–Crippen LogP) is 3.42. The van der Waals surface area contributed by atoms with E-state index in [0.717, 1.165) is 17.5 Å². The van der Waals surface area contributed by atoms with Gasteiger partial charge in [-0.3, -0.25) is 9.59 Å². The molecule has 4 nitrogen and oxygen atoms in total. The van der Waals surface area contributed by atoms with E-state index >= 15 is 0 Å². The van der Waals surface area contributed by atoms with E-state index in [1.165, 1.54) is 0 Å². The zero-order valence-corrected chi connectivity index (χ0v) is 14.3. The molecule has 2 aliphatic rings. The van der Waals surface area contributed by atoms with Crippen molar-refractivity contribution in [2.24, 2.45) is 23.7 Å². The number of carbonyl (C=O) groups is 2. The van der Waals surface area contributed by atoms with Crippen LogP contribution in [0.2, 0.25) is 0 Å². The monoisotopic (exact) mass is 347 g/mol. The molecule has 132 valence electrons. The topological polar surface area (TPSA) is 66.4 Å². The Morgan fingerprint density at radius 3 is 1.85 bits per heavy atom. The Morgan fingerprint density at radius 1 is 0.846 bits per heavy atom. The molecule has 1 saturated carbocycles. The van der Waals surface area contributed by atoms with Gasteiger partial charge in [-0.15, -0.1) is 0 Å². The summed E-state index contributed by atoms with van der Waals surface area (Å²) in [6, 6.07) is 19.3. The van der Waals surface area contributed by atoms with Gasteiger partial charge in [0, 0.05) is 0 Å². The van der Waals surface area contributed by atoms with Crippen LogP contribution in [0, 0.1) is 23.7 Å². The molecule has 26 heavy (non-hydrogen) atoms. The highest BCUT2D eigenvalue weighted by Crippen LogP contribution is 2.48. The van der Waals surface area contributed by atoms with Crippen molar-refractivity contribution < 1.29 is 14.7 Å². The Bertz CT molecular complexity index is 791. The maximum Gasteiger partial charge on any atom is 0.307 e. The number of fused-ring (bicyclic) bond motifs is 2. The van der Waals surface area contributed by atoms with Gasteiger partial charge in [0.25, 0.3) is 0 Å². The minimum atomic E-state index is -0.877. The average Bonchev–Trinajstić information content (AvgIpc) is 3.29. The molecule has 0 heterocycles. The van der Waals surface area contributed by atoms with E-state index in [-0.39, 0.29) is 23.8 Å². The molecule has 2 N–H and O–H groups in total. The van der Waals surface area contributed by atoms with Crippen LogP contribution in [-0.4, -0.2) is 17.0 Å². The number of carbonyl (C=O) groups excluding carboxylic acids is 1. The largest absolute Gasteiger partial charge is 0.481 e. The van der Waals surface area contributed by atoms with Crippen LogP contribution < -0.4 is 5.32 Å². The van der Waals surface area contributed by atoms with E-state index in [1.54, 1.807) is 0 Å². The molecule has 2 aromatic rings. The van der Waals surface area contributed by atoms with Crippen molar-refractivity contribution in [3.8, 4) is 0 Å². The number of rotatable bonds is 5. The molecule has 0 radical (unpaired) electrons. The Kier molecular flexibility index (Phi) is 4.33. The lowest BCUT2D eigenvalue weighted by Crippen LogP contribution is -2.41. The van der Waals surface area contributed by atoms with E-state index in [4.69, 9.17) is 0 Å². The number of benzene rings is 2. The van der Waals surface area contributed by atoms with Crippen molar-refractivity contribution in [3.05, 3.63) is 83.9 Å². The zero-order valence-electron chi connectivity index (χ0n) is 14.3. The second kappa shape index (κ2) is 6.79. The van der Waals surface area contributed by atoms with Gasteiger partial charge >= 0.3 is 5.97 Å². The summed E-state index contributed by atoms with van der Waals surface area (Å²) in [5.41, 5.74) is 1.97. The number of carboxylic acids is 1. The third-order valence-corrected chi connectivity index (χ3v) is 5.60. The molecule has 4 rings (SSSR count). The first-order valence-corrected chi connectivity index (χ1v) is 8.96. The van der Waals surface area contributed by atoms with Crippen LogP contribution in [-0.2, 0) is 9.59 Å². The van der Waals surface area contributed by atoms with E-state index < -0.39 is 17.8 Å². The van der Waals surface area contributed by atoms with Crippen molar-refractivity contribution in [1.29, 1.82) is 0 Å². The van der Waals surface area contributed by atoms with Crippen LogP contribution >= 0.6 is 0 Å². The normalized spacial score (nSPS) is 26.2. The summed E-state index contributed by atoms with van der Waals surface area (Å²) in [6.45, 7) is 0. The molecule has 0 aliphatic heterocycles. The number of nitrogens with one attached hydrogen (secondary N) is 1. The maximum atomic E-state index is 13.1. The lowest BCUT2D eigenvalue weighted by molar-refractivity contribution is -0.147. The molecule has 2 bridgehead atoms. The minimum Gasteiger partial charge on any atom is -0.481 e. The van der Waals surface area contributed by atoms with Crippen LogP contribution in [0.15, 0.2) is 72.8 Å². The fraction of sp³-hybridized carbons (Fsp3) is 0.273. The SMILES string of the molecule is O=C(O)[C@H]1[C@H](C(=O)NC(c2ccccc2)c2ccccc2)[C@H]2C=C[C@@H]1C2. The van der Waals surface area contributed by atoms with Gasteiger partial charge in [0.05, 0.1) is 17.9 Å². The Balaban J connectivity index is 1.63. The van der Waals surface area contributed by atoms with Crippen LogP contribution in [0.25, 0.3) is 0 Å². The summed E-state index contributed by atoms with van der Waals surface area (Å²) in [7, 11) is 0. The van der Waals surface area contributed by atoms with Crippen molar-refractivity contribution in [2.45, 2.75) is 12.5 Å². The first-order valence-electron chi connectivity index (χ1n) is 8.96. The first-order chi connectivity index (χ1) is 12.6. The lowest BCUT2D eigenvalue weighted by Gasteiger charge is -2.27. The molecular formula is C22H21NO3. The van der Waals surface area contributed by atoms with Gasteiger partial charge in [-0.2, -0.15) is 0 Å². The Morgan fingerprint density at radius 2 is 1.35 bits per heavy atom. The number of hydrogen-bond donors (Lipinski definition) is 2. The summed E-state index contributed by atoms with van der Waals surface area (Å²) < 4.78 is 0. The molecular weight excluding hydrogens is 326 g/mol. The molecule has 0 unspecified atom stereocenters. The molecule has 1 amide bonds. The van der Waals surface area contributed by atoms with Crippen LogP contribution in [0.4, 0.5) is 0 Å². The van der Waals surface area contributed by atoms with Crippen molar-refractivity contribution in [2.75, 3.05) is 0 Å². The minimum absolute atomic E-state index is 0.0216. The predicted molar refractivity (Wildman–Crippen MR) is 98.2 cm³/mol. The quantitative estimate of drug-likeness (QED) is 0.815. The van der Waals surface area contributed by atoms with E-state index in [9.17, 15) is 14.7 Å². The van der Waals surface area contributed by atoms with Gasteiger partial charge in [0.15, 0.2) is 0 Å². The van der Waals surface area contributed by atoms with Gasteiger partial charge in [-0.25, -0.2) is 0 Å². The molecule has 0 spiro atoms. The third-order valence-electron chi connectivity index (χ3n) is 5.60. The number of aliphatic carboxylic acids is 1. The number of allylic oxidation sites excluding steroid dienone is 2. The second-order valence-electron chi connectivity index (χ2n) is 7.10. The highest BCUT2D eigenvalue weighted by Gasteiger charge is 2.51. The first kappa shape index (κ1) is 16.6. The Hall–Kier alpha value is -2.88. The van der Waals surface area contributed by atoms with Gasteiger partial charge in [0.1, 0.15) is 0 Å². The molecule has 0 saturated heterocycles. The van der Waals surface area contributed by atoms with Crippen LogP contribution in [0.3, 0.4) is 0 Å². The van der Waals surface area contributed by atoms with Crippen molar-refractivity contribution in [3.63, 3.8) is 0 Å². The van der Waals surface area contributed by atoms with Crippen LogP contribution in [0.5, 0.6) is 0 Å². The van der Waals surface area contributed by atoms with Gasteiger partial charge in [0.2, 0.25) is 5.91 Å². The molecule has 4 heteroatoms. The Labute approximate surface area is 152 Å². The van der Waals surface area contributed by atoms with E-state index in [2.05, 4.69) is 5.32 Å². The molecule has 4 atom stereocenters. The number of carboxylic acid groups (broad SMARTS) is 1. The fourth-order valence-electron chi connectivity index (χ4n) is 4.40. The van der Waals surface area contributed by atoms with E-state index in [0.29, 0.717) is 0 Å². The third kappa shape index (κ3) is 2.92. The summed E-state index contributed by atoms with van der Waals surface area (Å²) in [6.07, 6.45) is 4.73. The summed E-state index contributed by atoms with van der Waals surface area (Å²) >= 11 is 0. The molecule has 2 aromatic carbocycles. The van der Waals surface area contributed by atoms with Crippen molar-refractivity contribution in [1.82, 2.24) is 5.32 Å². The number of hydrogen-bond acceptors (Lipinski definition) is 2. The smallest absolute Gasteiger partial charge is 0.307 e. The summed E-state index contributed by atoms with van der Waals surface area (Å²) in [5.74, 6) is -2.19. The van der Waals surface area contributed by atoms with E-state index in [1.807, 2.05) is 72.8 Å². The average molecular weight is 347 g/mol. The van der Waals surface area contributed by atoms with Crippen molar-refractivity contribution >= 4 is 11.9 Å². The summed E-state index contributed by atoms with van der Waals surface area (Å²) in [5, 5.41) is 12.7. The van der Waals surface area contributed by atoms with Gasteiger partial charge in [-0.1, -0.05) is 72.8 Å². The maximum absolute atomic E-state index is 13.1. The molecule has 1 fully saturated rings. The molecule has 2 aliphatic carbocycles. The summed E-state index contributed by atoms with van der Waals surface area (Å²) in [4.78, 5) is 24.8. The fourth-order valence-corrected chi connectivity index (χ4v) is 4.40.